The predicted molar refractivity (Wildman–Crippen MR) is 64.2 cm³/mol. The van der Waals surface area contributed by atoms with E-state index in [1.807, 2.05) is 20.8 Å². The molecule has 0 saturated carbocycles. The van der Waals surface area contributed by atoms with E-state index in [0.29, 0.717) is 11.0 Å². The van der Waals surface area contributed by atoms with E-state index in [9.17, 15) is 14.9 Å². The Hall–Kier alpha value is -2.11. The minimum atomic E-state index is -0.480. The third kappa shape index (κ3) is 1.82. The molecule has 17 heavy (non-hydrogen) atoms. The van der Waals surface area contributed by atoms with E-state index in [-0.39, 0.29) is 16.9 Å². The van der Waals surface area contributed by atoms with Gasteiger partial charge in [0.25, 0.3) is 5.69 Å². The van der Waals surface area contributed by atoms with Crippen LogP contribution in [0.2, 0.25) is 0 Å². The van der Waals surface area contributed by atoms with Crippen LogP contribution in [0.1, 0.15) is 20.8 Å². The molecule has 0 bridgehead atoms. The molecule has 1 N–H and O–H groups in total. The summed E-state index contributed by atoms with van der Waals surface area (Å²) in [7, 11) is 0. The Morgan fingerprint density at radius 3 is 2.53 bits per heavy atom. The van der Waals surface area contributed by atoms with Crippen LogP contribution in [0.4, 0.5) is 5.69 Å². The van der Waals surface area contributed by atoms with Gasteiger partial charge >= 0.3 is 5.69 Å². The van der Waals surface area contributed by atoms with Gasteiger partial charge in [0.1, 0.15) is 0 Å². The van der Waals surface area contributed by atoms with E-state index in [4.69, 9.17) is 0 Å². The van der Waals surface area contributed by atoms with Crippen molar-refractivity contribution < 1.29 is 4.92 Å². The van der Waals surface area contributed by atoms with E-state index >= 15 is 0 Å². The number of imidazole rings is 1. The molecule has 6 nitrogen and oxygen atoms in total. The lowest BCUT2D eigenvalue weighted by molar-refractivity contribution is -0.384. The molecule has 90 valence electrons. The number of hydrogen-bond donors (Lipinski definition) is 1. The Balaban J connectivity index is 2.78. The van der Waals surface area contributed by atoms with E-state index in [1.165, 1.54) is 12.1 Å². The fourth-order valence-electron chi connectivity index (χ4n) is 1.88. The van der Waals surface area contributed by atoms with Crippen LogP contribution in [-0.2, 0) is 5.54 Å². The quantitative estimate of drug-likeness (QED) is 0.606. The molecule has 0 fully saturated rings. The van der Waals surface area contributed by atoms with Gasteiger partial charge in [0.05, 0.1) is 16.0 Å². The van der Waals surface area contributed by atoms with Gasteiger partial charge in [-0.25, -0.2) is 4.79 Å². The van der Waals surface area contributed by atoms with Crippen LogP contribution in [0.3, 0.4) is 0 Å². The molecule has 0 unspecified atom stereocenters. The Labute approximate surface area is 97.0 Å². The second-order valence-electron chi connectivity index (χ2n) is 4.89. The van der Waals surface area contributed by atoms with Crippen LogP contribution in [0.5, 0.6) is 0 Å². The van der Waals surface area contributed by atoms with Crippen molar-refractivity contribution in [1.82, 2.24) is 9.55 Å². The van der Waals surface area contributed by atoms with Gasteiger partial charge in [-0.15, -0.1) is 0 Å². The molecule has 1 aromatic heterocycles. The molecule has 0 radical (unpaired) electrons. The molecule has 0 atom stereocenters. The van der Waals surface area contributed by atoms with Gasteiger partial charge in [0, 0.05) is 17.7 Å². The number of aromatic amines is 1. The normalized spacial score (nSPS) is 11.9. The molecule has 2 aromatic rings. The van der Waals surface area contributed by atoms with Gasteiger partial charge < -0.3 is 4.98 Å². The van der Waals surface area contributed by atoms with Crippen LogP contribution in [-0.4, -0.2) is 14.5 Å². The van der Waals surface area contributed by atoms with Crippen LogP contribution in [0.15, 0.2) is 23.0 Å². The number of benzene rings is 1. The van der Waals surface area contributed by atoms with Gasteiger partial charge in [-0.2, -0.15) is 0 Å². The number of H-pyrrole nitrogens is 1. The molecule has 0 spiro atoms. The summed E-state index contributed by atoms with van der Waals surface area (Å²) in [4.78, 5) is 24.6. The summed E-state index contributed by atoms with van der Waals surface area (Å²) in [5, 5.41) is 10.6. The second kappa shape index (κ2) is 3.44. The molecule has 0 saturated heterocycles. The highest BCUT2D eigenvalue weighted by Gasteiger charge is 2.20. The highest BCUT2D eigenvalue weighted by molar-refractivity contribution is 5.78. The molecule has 0 aliphatic rings. The predicted octanol–water partition coefficient (Wildman–Crippen LogP) is 1.99. The fraction of sp³-hybridized carbons (Fsp3) is 0.364. The molecule has 2 rings (SSSR count). The number of nitrogens with zero attached hydrogens (tertiary/aromatic N) is 2. The minimum absolute atomic E-state index is 0.0280. The van der Waals surface area contributed by atoms with E-state index in [2.05, 4.69) is 4.98 Å². The Morgan fingerprint density at radius 1 is 1.35 bits per heavy atom. The van der Waals surface area contributed by atoms with Crippen molar-refractivity contribution in [3.8, 4) is 0 Å². The summed E-state index contributed by atoms with van der Waals surface area (Å²) in [6, 6.07) is 4.37. The van der Waals surface area contributed by atoms with Crippen molar-refractivity contribution in [2.45, 2.75) is 26.3 Å². The Kier molecular flexibility index (Phi) is 2.30. The maximum Gasteiger partial charge on any atom is 0.326 e. The van der Waals surface area contributed by atoms with Gasteiger partial charge in [-0.05, 0) is 26.8 Å². The number of aromatic nitrogens is 2. The van der Waals surface area contributed by atoms with Crippen molar-refractivity contribution in [1.29, 1.82) is 0 Å². The summed E-state index contributed by atoms with van der Waals surface area (Å²) in [6.07, 6.45) is 0. The summed E-state index contributed by atoms with van der Waals surface area (Å²) in [5.41, 5.74) is 0.505. The van der Waals surface area contributed by atoms with Crippen LogP contribution < -0.4 is 5.69 Å². The molecular weight excluding hydrogens is 222 g/mol. The maximum absolute atomic E-state index is 11.8. The average Bonchev–Trinajstić information content (AvgIpc) is 2.51. The summed E-state index contributed by atoms with van der Waals surface area (Å²) in [6.45, 7) is 5.72. The lowest BCUT2D eigenvalue weighted by atomic mass is 10.1. The first-order chi connectivity index (χ1) is 7.80. The zero-order valence-corrected chi connectivity index (χ0v) is 9.85. The lowest BCUT2D eigenvalue weighted by Crippen LogP contribution is -2.31. The zero-order valence-electron chi connectivity index (χ0n) is 9.85. The highest BCUT2D eigenvalue weighted by atomic mass is 16.6. The summed E-state index contributed by atoms with van der Waals surface area (Å²) < 4.78 is 1.59. The third-order valence-electron chi connectivity index (χ3n) is 2.55. The molecule has 0 amide bonds. The van der Waals surface area contributed by atoms with Crippen molar-refractivity contribution >= 4 is 16.7 Å². The molecule has 0 aliphatic carbocycles. The number of hydrogen-bond acceptors (Lipinski definition) is 3. The van der Waals surface area contributed by atoms with Crippen molar-refractivity contribution in [2.24, 2.45) is 0 Å². The van der Waals surface area contributed by atoms with Crippen molar-refractivity contribution in [3.05, 3.63) is 38.8 Å². The number of rotatable bonds is 1. The number of fused-ring (bicyclic) bond motifs is 1. The SMILES string of the molecule is CC(C)(C)n1c(=O)[nH]c2cc([N+](=O)[O-])ccc21. The van der Waals surface area contributed by atoms with Gasteiger partial charge in [-0.1, -0.05) is 0 Å². The smallest absolute Gasteiger partial charge is 0.305 e. The van der Waals surface area contributed by atoms with E-state index in [0.717, 1.165) is 0 Å². The number of nitro benzene ring substituents is 1. The zero-order chi connectivity index (χ0) is 12.8. The lowest BCUT2D eigenvalue weighted by Gasteiger charge is -2.20. The number of nitrogens with one attached hydrogen (secondary N) is 1. The maximum atomic E-state index is 11.8. The van der Waals surface area contributed by atoms with Crippen molar-refractivity contribution in [2.75, 3.05) is 0 Å². The first kappa shape index (κ1) is 11.4. The first-order valence-corrected chi connectivity index (χ1v) is 5.20. The third-order valence-corrected chi connectivity index (χ3v) is 2.55. The van der Waals surface area contributed by atoms with E-state index < -0.39 is 4.92 Å². The van der Waals surface area contributed by atoms with Crippen molar-refractivity contribution in [3.63, 3.8) is 0 Å². The Bertz CT molecular complexity index is 646. The van der Waals surface area contributed by atoms with Crippen LogP contribution in [0, 0.1) is 10.1 Å². The second-order valence-corrected chi connectivity index (χ2v) is 4.89. The first-order valence-electron chi connectivity index (χ1n) is 5.20. The monoisotopic (exact) mass is 235 g/mol. The molecule has 1 heterocycles. The minimum Gasteiger partial charge on any atom is -0.305 e. The molecule has 1 aromatic carbocycles. The number of nitro groups is 1. The molecular formula is C11H13N3O3. The van der Waals surface area contributed by atoms with Crippen LogP contribution >= 0.6 is 0 Å². The topological polar surface area (TPSA) is 80.9 Å². The van der Waals surface area contributed by atoms with Gasteiger partial charge in [0.2, 0.25) is 0 Å². The van der Waals surface area contributed by atoms with Crippen LogP contribution in [0.25, 0.3) is 11.0 Å². The highest BCUT2D eigenvalue weighted by Crippen LogP contribution is 2.22. The fourth-order valence-corrected chi connectivity index (χ4v) is 1.88. The average molecular weight is 235 g/mol. The van der Waals surface area contributed by atoms with Gasteiger partial charge in [-0.3, -0.25) is 14.7 Å². The molecule has 6 heteroatoms. The summed E-state index contributed by atoms with van der Waals surface area (Å²) in [5.74, 6) is 0. The van der Waals surface area contributed by atoms with E-state index in [1.54, 1.807) is 10.6 Å². The van der Waals surface area contributed by atoms with Gasteiger partial charge in [0.15, 0.2) is 0 Å². The summed E-state index contributed by atoms with van der Waals surface area (Å²) >= 11 is 0. The Morgan fingerprint density at radius 2 is 2.00 bits per heavy atom. The number of non-ortho nitro benzene ring substituents is 1. The largest absolute Gasteiger partial charge is 0.326 e. The molecule has 0 aliphatic heterocycles. The standard InChI is InChI=1S/C11H13N3O3/c1-11(2,3)13-9-5-4-7(14(16)17)6-8(9)12-10(13)15/h4-6H,1-3H3,(H,12,15).